The van der Waals surface area contributed by atoms with Crippen LogP contribution < -0.4 is 20.5 Å². The van der Waals surface area contributed by atoms with Gasteiger partial charge in [0.05, 0.1) is 43.1 Å². The molecule has 10 nitrogen and oxygen atoms in total. The molecule has 5 rings (SSSR count). The molecule has 0 aliphatic carbocycles. The first-order valence-corrected chi connectivity index (χ1v) is 12.2. The number of amides is 2. The number of rotatable bonds is 6. The van der Waals surface area contributed by atoms with Crippen LogP contribution in [0.25, 0.3) is 11.0 Å². The fourth-order valence-corrected chi connectivity index (χ4v) is 4.63. The lowest BCUT2D eigenvalue weighted by Crippen LogP contribution is -2.37. The topological polar surface area (TPSA) is 106 Å². The lowest BCUT2D eigenvalue weighted by molar-refractivity contribution is 0.0914. The van der Waals surface area contributed by atoms with E-state index in [0.29, 0.717) is 55.3 Å². The zero-order chi connectivity index (χ0) is 26.1. The lowest BCUT2D eigenvalue weighted by Gasteiger charge is -2.29. The summed E-state index contributed by atoms with van der Waals surface area (Å²) in [6.45, 7) is 6.68. The molecule has 2 aromatic heterocycles. The molecule has 0 saturated carbocycles. The van der Waals surface area contributed by atoms with Gasteiger partial charge in [-0.25, -0.2) is 14.2 Å². The van der Waals surface area contributed by atoms with Crippen molar-refractivity contribution in [3.63, 3.8) is 0 Å². The minimum Gasteiger partial charge on any atom is -0.442 e. The van der Waals surface area contributed by atoms with E-state index in [0.717, 1.165) is 5.69 Å². The van der Waals surface area contributed by atoms with Crippen molar-refractivity contribution in [3.05, 3.63) is 63.8 Å². The summed E-state index contributed by atoms with van der Waals surface area (Å²) in [6, 6.07) is 8.03. The van der Waals surface area contributed by atoms with E-state index >= 15 is 0 Å². The van der Waals surface area contributed by atoms with Crippen LogP contribution in [-0.2, 0) is 16.0 Å². The second-order valence-corrected chi connectivity index (χ2v) is 9.04. The van der Waals surface area contributed by atoms with Crippen molar-refractivity contribution < 1.29 is 23.5 Å². The van der Waals surface area contributed by atoms with E-state index < -0.39 is 29.4 Å². The van der Waals surface area contributed by atoms with Crippen LogP contribution in [-0.4, -0.2) is 67.0 Å². The van der Waals surface area contributed by atoms with Crippen molar-refractivity contribution in [2.24, 2.45) is 0 Å². The molecule has 2 aliphatic heterocycles. The highest BCUT2D eigenvalue weighted by atomic mass is 19.1. The molecule has 1 atom stereocenters. The van der Waals surface area contributed by atoms with E-state index in [2.05, 4.69) is 10.3 Å². The Morgan fingerprint density at radius 2 is 1.97 bits per heavy atom. The highest BCUT2D eigenvalue weighted by molar-refractivity contribution is 5.97. The van der Waals surface area contributed by atoms with Gasteiger partial charge in [-0.15, -0.1) is 0 Å². The zero-order valence-electron chi connectivity index (χ0n) is 20.7. The van der Waals surface area contributed by atoms with Crippen molar-refractivity contribution in [1.82, 2.24) is 14.9 Å². The summed E-state index contributed by atoms with van der Waals surface area (Å²) >= 11 is 0. The summed E-state index contributed by atoms with van der Waals surface area (Å²) in [7, 11) is 0. The number of ether oxygens (including phenoxy) is 2. The number of carbonyl (C=O) groups excluding carboxylic acids is 2. The highest BCUT2D eigenvalue weighted by Gasteiger charge is 2.33. The number of morpholine rings is 1. The average molecular weight is 510 g/mol. The minimum absolute atomic E-state index is 0.00513. The number of nitrogens with zero attached hydrogens (tertiary/aromatic N) is 4. The number of fused-ring (bicyclic) bond motifs is 1. The van der Waals surface area contributed by atoms with Gasteiger partial charge in [-0.2, -0.15) is 0 Å². The molecule has 37 heavy (non-hydrogen) atoms. The number of aryl methyl sites for hydroxylation is 2. The molecule has 11 heteroatoms. The van der Waals surface area contributed by atoms with Gasteiger partial charge in [0.2, 0.25) is 5.43 Å². The molecule has 0 spiro atoms. The monoisotopic (exact) mass is 509 g/mol. The summed E-state index contributed by atoms with van der Waals surface area (Å²) in [5.41, 5.74) is 1.71. The van der Waals surface area contributed by atoms with Crippen LogP contribution in [0.1, 0.15) is 23.0 Å². The maximum absolute atomic E-state index is 14.8. The number of pyridine rings is 2. The molecule has 0 bridgehead atoms. The van der Waals surface area contributed by atoms with E-state index in [9.17, 15) is 18.8 Å². The summed E-state index contributed by atoms with van der Waals surface area (Å²) in [6.07, 6.45) is 0.216. The van der Waals surface area contributed by atoms with Crippen LogP contribution >= 0.6 is 0 Å². The van der Waals surface area contributed by atoms with Crippen molar-refractivity contribution in [1.29, 1.82) is 0 Å². The first-order chi connectivity index (χ1) is 17.9. The van der Waals surface area contributed by atoms with E-state index in [4.69, 9.17) is 9.47 Å². The maximum atomic E-state index is 14.8. The number of cyclic esters (lactones) is 1. The summed E-state index contributed by atoms with van der Waals surface area (Å²) in [5.74, 6) is -0.998. The quantitative estimate of drug-likeness (QED) is 0.544. The van der Waals surface area contributed by atoms with Crippen LogP contribution in [0.15, 0.2) is 41.3 Å². The molecule has 4 heterocycles. The van der Waals surface area contributed by atoms with Gasteiger partial charge in [0.1, 0.15) is 23.1 Å². The molecular formula is C26H28FN5O5. The molecule has 2 aliphatic rings. The van der Waals surface area contributed by atoms with Crippen molar-refractivity contribution in [3.8, 4) is 0 Å². The van der Waals surface area contributed by atoms with Crippen LogP contribution in [0.2, 0.25) is 0 Å². The Kier molecular flexibility index (Phi) is 6.79. The number of aromatic nitrogens is 2. The molecule has 1 aromatic carbocycles. The normalized spacial score (nSPS) is 17.8. The zero-order valence-corrected chi connectivity index (χ0v) is 20.7. The molecule has 0 unspecified atom stereocenters. The molecule has 2 amide bonds. The van der Waals surface area contributed by atoms with Gasteiger partial charge in [0.25, 0.3) is 5.91 Å². The second-order valence-electron chi connectivity index (χ2n) is 9.04. The predicted molar refractivity (Wildman–Crippen MR) is 136 cm³/mol. The number of benzene rings is 1. The van der Waals surface area contributed by atoms with E-state index in [1.54, 1.807) is 28.8 Å². The Labute approximate surface area is 212 Å². The fourth-order valence-electron chi connectivity index (χ4n) is 4.63. The van der Waals surface area contributed by atoms with Gasteiger partial charge in [-0.05, 0) is 44.2 Å². The van der Waals surface area contributed by atoms with Crippen molar-refractivity contribution >= 4 is 34.4 Å². The third kappa shape index (κ3) is 4.86. The third-order valence-electron chi connectivity index (χ3n) is 6.60. The Balaban J connectivity index is 1.26. The average Bonchev–Trinajstić information content (AvgIpc) is 3.28. The van der Waals surface area contributed by atoms with Crippen molar-refractivity contribution in [2.45, 2.75) is 26.5 Å². The van der Waals surface area contributed by atoms with Crippen LogP contribution in [0.5, 0.6) is 0 Å². The Morgan fingerprint density at radius 1 is 1.19 bits per heavy atom. The van der Waals surface area contributed by atoms with Gasteiger partial charge >= 0.3 is 6.09 Å². The summed E-state index contributed by atoms with van der Waals surface area (Å²) in [4.78, 5) is 46.0. The standard InChI is InChI=1S/C26H28FN5O5/c1-3-30-15-20(23(33)19-6-4-16(2)29-24(19)30)25(34)28-13-18-14-32(26(35)37-18)17-5-7-22(21(27)12-17)31-8-10-36-11-9-31/h4-7,12,15,18H,3,8-11,13-14H2,1-2H3,(H,28,34)/t18-/m0/s1. The Bertz CT molecular complexity index is 1420. The minimum atomic E-state index is -0.656. The second kappa shape index (κ2) is 10.2. The van der Waals surface area contributed by atoms with Gasteiger partial charge < -0.3 is 24.3 Å². The molecule has 0 radical (unpaired) electrons. The molecular weight excluding hydrogens is 481 g/mol. The largest absolute Gasteiger partial charge is 0.442 e. The number of hydrogen-bond acceptors (Lipinski definition) is 7. The number of halogens is 1. The number of nitrogens with one attached hydrogen (secondary N) is 1. The fraction of sp³-hybridized carbons (Fsp3) is 0.385. The molecule has 3 aromatic rings. The summed E-state index contributed by atoms with van der Waals surface area (Å²) in [5, 5.41) is 3.06. The lowest BCUT2D eigenvalue weighted by atomic mass is 10.1. The maximum Gasteiger partial charge on any atom is 0.414 e. The van der Waals surface area contributed by atoms with Gasteiger partial charge in [-0.1, -0.05) is 0 Å². The first-order valence-electron chi connectivity index (χ1n) is 12.2. The van der Waals surface area contributed by atoms with Crippen LogP contribution in [0.4, 0.5) is 20.6 Å². The molecule has 2 fully saturated rings. The van der Waals surface area contributed by atoms with Crippen LogP contribution in [0.3, 0.4) is 0 Å². The first kappa shape index (κ1) is 24.7. The smallest absolute Gasteiger partial charge is 0.414 e. The number of anilines is 2. The summed E-state index contributed by atoms with van der Waals surface area (Å²) < 4.78 is 27.3. The molecule has 1 N–H and O–H groups in total. The van der Waals surface area contributed by atoms with Gasteiger partial charge in [0.15, 0.2) is 0 Å². The Morgan fingerprint density at radius 3 is 2.70 bits per heavy atom. The van der Waals surface area contributed by atoms with E-state index in [1.807, 2.05) is 18.7 Å². The van der Waals surface area contributed by atoms with E-state index in [-0.39, 0.29) is 18.7 Å². The molecule has 2 saturated heterocycles. The molecule has 194 valence electrons. The SMILES string of the molecule is CCn1cc(C(=O)NC[C@H]2CN(c3ccc(N4CCOCC4)c(F)c3)C(=O)O2)c(=O)c2ccc(C)nc21. The van der Waals surface area contributed by atoms with Crippen LogP contribution in [0, 0.1) is 12.7 Å². The number of carbonyl (C=O) groups is 2. The van der Waals surface area contributed by atoms with Gasteiger partial charge in [-0.3, -0.25) is 14.5 Å². The highest BCUT2D eigenvalue weighted by Crippen LogP contribution is 2.28. The van der Waals surface area contributed by atoms with E-state index in [1.165, 1.54) is 17.2 Å². The third-order valence-corrected chi connectivity index (χ3v) is 6.60. The Hall–Kier alpha value is -3.99. The predicted octanol–water partition coefficient (Wildman–Crippen LogP) is 2.46. The van der Waals surface area contributed by atoms with Gasteiger partial charge in [0, 0.05) is 31.5 Å². The number of hydrogen-bond donors (Lipinski definition) is 1. The van der Waals surface area contributed by atoms with Crippen molar-refractivity contribution in [2.75, 3.05) is 49.2 Å².